The zero-order valence-electron chi connectivity index (χ0n) is 17.9. The molecule has 1 saturated heterocycles. The summed E-state index contributed by atoms with van der Waals surface area (Å²) in [7, 11) is 0. The first kappa shape index (κ1) is 22.7. The average Bonchev–Trinajstić information content (AvgIpc) is 2.85. The Balaban J connectivity index is 1.84. The molecule has 0 aromatic rings. The molecular formula is C22H32O8. The van der Waals surface area contributed by atoms with Crippen molar-refractivity contribution in [1.82, 2.24) is 0 Å². The molecule has 0 bridgehead atoms. The minimum absolute atomic E-state index is 0.0254. The van der Waals surface area contributed by atoms with Crippen LogP contribution in [0.1, 0.15) is 78.1 Å². The van der Waals surface area contributed by atoms with Gasteiger partial charge in [-0.25, -0.2) is 0 Å². The monoisotopic (exact) mass is 424 g/mol. The summed E-state index contributed by atoms with van der Waals surface area (Å²) in [4.78, 5) is 48.9. The number of ketones is 1. The van der Waals surface area contributed by atoms with Crippen molar-refractivity contribution in [3.8, 4) is 0 Å². The third-order valence-electron chi connectivity index (χ3n) is 6.51. The minimum Gasteiger partial charge on any atom is -0.465 e. The fourth-order valence-corrected chi connectivity index (χ4v) is 5.11. The molecule has 0 unspecified atom stereocenters. The molecule has 0 N–H and O–H groups in total. The van der Waals surface area contributed by atoms with Crippen molar-refractivity contribution < 1.29 is 38.1 Å². The van der Waals surface area contributed by atoms with E-state index in [1.807, 2.05) is 0 Å². The summed E-state index contributed by atoms with van der Waals surface area (Å²) in [5.74, 6) is -2.30. The molecule has 0 radical (unpaired) electrons. The molecule has 1 aliphatic heterocycles. The summed E-state index contributed by atoms with van der Waals surface area (Å²) in [5.41, 5.74) is -0.795. The van der Waals surface area contributed by atoms with Crippen LogP contribution in [0.25, 0.3) is 0 Å². The Kier molecular flexibility index (Phi) is 7.50. The van der Waals surface area contributed by atoms with Crippen molar-refractivity contribution in [3.05, 3.63) is 0 Å². The van der Waals surface area contributed by atoms with Gasteiger partial charge in [0, 0.05) is 32.1 Å². The van der Waals surface area contributed by atoms with Gasteiger partial charge in [0.1, 0.15) is 5.78 Å². The summed E-state index contributed by atoms with van der Waals surface area (Å²) >= 11 is 0. The minimum atomic E-state index is -1.17. The number of fused-ring (bicyclic) bond motifs is 1. The van der Waals surface area contributed by atoms with Gasteiger partial charge in [0.2, 0.25) is 12.6 Å². The standard InChI is InChI=1S/C22H32O8/c1-14(23)28-18-12-22(13-27-20(26)16-8-4-3-5-9-16)11-7-6-10-17(25)19(22)21(30-18)29-15(2)24/h16,18-19,21H,3-13H2,1-2H3/t18-,19-,21-,22+/m1/s1. The number of hydrogen-bond acceptors (Lipinski definition) is 8. The van der Waals surface area contributed by atoms with Crippen LogP contribution >= 0.6 is 0 Å². The second kappa shape index (κ2) is 9.90. The Hall–Kier alpha value is -1.96. The van der Waals surface area contributed by atoms with Crippen molar-refractivity contribution in [2.75, 3.05) is 6.61 Å². The largest absolute Gasteiger partial charge is 0.465 e. The molecule has 30 heavy (non-hydrogen) atoms. The van der Waals surface area contributed by atoms with Crippen molar-refractivity contribution in [2.24, 2.45) is 17.3 Å². The van der Waals surface area contributed by atoms with Crippen LogP contribution in [0.2, 0.25) is 0 Å². The van der Waals surface area contributed by atoms with Crippen LogP contribution in [-0.4, -0.2) is 42.9 Å². The molecule has 3 fully saturated rings. The van der Waals surface area contributed by atoms with E-state index in [0.29, 0.717) is 19.3 Å². The van der Waals surface area contributed by atoms with E-state index in [-0.39, 0.29) is 30.7 Å². The maximum absolute atomic E-state index is 13.0. The van der Waals surface area contributed by atoms with E-state index < -0.39 is 35.9 Å². The number of esters is 3. The Labute approximate surface area is 176 Å². The molecule has 1 heterocycles. The maximum atomic E-state index is 13.0. The molecule has 0 spiro atoms. The lowest BCUT2D eigenvalue weighted by Crippen LogP contribution is -2.55. The van der Waals surface area contributed by atoms with Crippen LogP contribution in [0.5, 0.6) is 0 Å². The molecule has 0 amide bonds. The van der Waals surface area contributed by atoms with Crippen LogP contribution in [0.15, 0.2) is 0 Å². The van der Waals surface area contributed by atoms with Gasteiger partial charge in [-0.1, -0.05) is 25.7 Å². The van der Waals surface area contributed by atoms with E-state index in [2.05, 4.69) is 0 Å². The van der Waals surface area contributed by atoms with E-state index >= 15 is 0 Å². The third kappa shape index (κ3) is 5.39. The van der Waals surface area contributed by atoms with E-state index in [4.69, 9.17) is 18.9 Å². The second-order valence-electron chi connectivity index (χ2n) is 8.81. The first-order chi connectivity index (χ1) is 14.3. The molecule has 3 aliphatic rings. The smallest absolute Gasteiger partial charge is 0.308 e. The fourth-order valence-electron chi connectivity index (χ4n) is 5.11. The fraction of sp³-hybridized carbons (Fsp3) is 0.818. The van der Waals surface area contributed by atoms with Crippen molar-refractivity contribution >= 4 is 23.7 Å². The SMILES string of the molecule is CC(=O)O[C@H]1C[C@]2(COC(=O)C3CCCCC3)CCCCC(=O)[C@@H]2[C@H](OC(C)=O)O1. The number of carbonyl (C=O) groups is 4. The topological polar surface area (TPSA) is 105 Å². The van der Waals surface area contributed by atoms with Gasteiger partial charge in [0.15, 0.2) is 0 Å². The van der Waals surface area contributed by atoms with Gasteiger partial charge in [0.25, 0.3) is 0 Å². The van der Waals surface area contributed by atoms with Crippen molar-refractivity contribution in [3.63, 3.8) is 0 Å². The van der Waals surface area contributed by atoms with Crippen molar-refractivity contribution in [1.29, 1.82) is 0 Å². The van der Waals surface area contributed by atoms with E-state index in [1.54, 1.807) is 0 Å². The van der Waals surface area contributed by atoms with E-state index in [1.165, 1.54) is 13.8 Å². The van der Waals surface area contributed by atoms with Gasteiger partial charge in [-0.3, -0.25) is 19.2 Å². The summed E-state index contributed by atoms with van der Waals surface area (Å²) in [6.07, 6.45) is 5.32. The molecule has 0 aromatic carbocycles. The highest BCUT2D eigenvalue weighted by Crippen LogP contribution is 2.49. The average molecular weight is 424 g/mol. The molecule has 168 valence electrons. The Morgan fingerprint density at radius 3 is 2.37 bits per heavy atom. The van der Waals surface area contributed by atoms with E-state index in [0.717, 1.165) is 38.5 Å². The number of rotatable bonds is 5. The normalized spacial score (nSPS) is 32.5. The summed E-state index contributed by atoms with van der Waals surface area (Å²) < 4.78 is 22.1. The molecule has 3 rings (SSSR count). The van der Waals surface area contributed by atoms with Gasteiger partial charge in [-0.2, -0.15) is 0 Å². The Bertz CT molecular complexity index is 668. The highest BCUT2D eigenvalue weighted by molar-refractivity contribution is 5.83. The Morgan fingerprint density at radius 2 is 1.70 bits per heavy atom. The van der Waals surface area contributed by atoms with Gasteiger partial charge >= 0.3 is 17.9 Å². The predicted molar refractivity (Wildman–Crippen MR) is 104 cm³/mol. The Morgan fingerprint density at radius 1 is 1.00 bits per heavy atom. The lowest BCUT2D eigenvalue weighted by atomic mass is 9.67. The highest BCUT2D eigenvalue weighted by Gasteiger charge is 2.56. The van der Waals surface area contributed by atoms with Gasteiger partial charge in [-0.15, -0.1) is 0 Å². The number of Topliss-reactive ketones (excluding diaryl/α,β-unsaturated/α-hetero) is 1. The van der Waals surface area contributed by atoms with Crippen LogP contribution in [0.4, 0.5) is 0 Å². The first-order valence-electron chi connectivity index (χ1n) is 11.0. The van der Waals surface area contributed by atoms with Gasteiger partial charge in [-0.05, 0) is 25.7 Å². The lowest BCUT2D eigenvalue weighted by molar-refractivity contribution is -0.297. The molecule has 8 heteroatoms. The zero-order valence-corrected chi connectivity index (χ0v) is 17.9. The molecule has 2 aliphatic carbocycles. The van der Waals surface area contributed by atoms with Crippen LogP contribution in [0, 0.1) is 17.3 Å². The predicted octanol–water partition coefficient (Wildman–Crippen LogP) is 3.05. The second-order valence-corrected chi connectivity index (χ2v) is 8.81. The third-order valence-corrected chi connectivity index (χ3v) is 6.51. The van der Waals surface area contributed by atoms with Gasteiger partial charge in [0.05, 0.1) is 18.4 Å². The maximum Gasteiger partial charge on any atom is 0.308 e. The summed E-state index contributed by atoms with van der Waals surface area (Å²) in [5, 5.41) is 0. The zero-order chi connectivity index (χ0) is 21.7. The van der Waals surface area contributed by atoms with Crippen molar-refractivity contribution in [2.45, 2.75) is 90.6 Å². The molecular weight excluding hydrogens is 392 g/mol. The first-order valence-corrected chi connectivity index (χ1v) is 11.0. The molecule has 4 atom stereocenters. The van der Waals surface area contributed by atoms with Crippen LogP contribution in [-0.2, 0) is 38.1 Å². The molecule has 8 nitrogen and oxygen atoms in total. The van der Waals surface area contributed by atoms with E-state index in [9.17, 15) is 19.2 Å². The number of ether oxygens (including phenoxy) is 4. The number of hydrogen-bond donors (Lipinski definition) is 0. The quantitative estimate of drug-likeness (QED) is 0.490. The molecule has 2 saturated carbocycles. The van der Waals surface area contributed by atoms with Gasteiger partial charge < -0.3 is 18.9 Å². The summed E-state index contributed by atoms with van der Waals surface area (Å²) in [6, 6.07) is 0. The van der Waals surface area contributed by atoms with Crippen LogP contribution in [0.3, 0.4) is 0 Å². The highest BCUT2D eigenvalue weighted by atomic mass is 16.8. The molecule has 0 aromatic heterocycles. The summed E-state index contributed by atoms with van der Waals surface area (Å²) in [6.45, 7) is 2.53. The lowest BCUT2D eigenvalue weighted by Gasteiger charge is -2.47. The number of carbonyl (C=O) groups excluding carboxylic acids is 4. The van der Waals surface area contributed by atoms with Crippen LogP contribution < -0.4 is 0 Å².